The number of hydrogen-bond acceptors (Lipinski definition) is 7. The third-order valence-electron chi connectivity index (χ3n) is 2.71. The van der Waals surface area contributed by atoms with Crippen LogP contribution in [0.5, 0.6) is 0 Å². The van der Waals surface area contributed by atoms with Crippen LogP contribution in [0.1, 0.15) is 12.8 Å². The number of hydrazine groups is 1. The van der Waals surface area contributed by atoms with Crippen LogP contribution in [0.3, 0.4) is 0 Å². The molecule has 0 saturated heterocycles. The number of carbonyl (C=O) groups is 2. The maximum absolute atomic E-state index is 12.8. The lowest BCUT2D eigenvalue weighted by Crippen LogP contribution is -2.45. The van der Waals surface area contributed by atoms with Gasteiger partial charge in [0.05, 0.1) is 6.10 Å². The number of halogens is 1. The molecule has 0 aromatic carbocycles. The number of hydrogen-bond donors (Lipinski definition) is 6. The van der Waals surface area contributed by atoms with Crippen LogP contribution in [0.25, 0.3) is 0 Å². The number of rotatable bonds is 12. The summed E-state index contributed by atoms with van der Waals surface area (Å²) in [4.78, 5) is 22.0. The Morgan fingerprint density at radius 2 is 2.00 bits per heavy atom. The smallest absolute Gasteiger partial charge is 0.319 e. The first kappa shape index (κ1) is 20.7. The van der Waals surface area contributed by atoms with E-state index < -0.39 is 30.2 Å². The summed E-state index contributed by atoms with van der Waals surface area (Å²) < 4.78 is 12.8. The molecule has 22 heavy (non-hydrogen) atoms. The van der Waals surface area contributed by atoms with Gasteiger partial charge in [0.25, 0.3) is 0 Å². The summed E-state index contributed by atoms with van der Waals surface area (Å²) in [5.74, 6) is -1.51. The predicted octanol–water partition coefficient (Wildman–Crippen LogP) is -2.61. The quantitative estimate of drug-likeness (QED) is 0.213. The van der Waals surface area contributed by atoms with Crippen LogP contribution < -0.4 is 22.2 Å². The van der Waals surface area contributed by atoms with Gasteiger partial charge in [-0.05, 0) is 6.42 Å². The maximum Gasteiger partial charge on any atom is 0.319 e. The Balaban J connectivity index is 3.88. The number of carboxylic acid groups (broad SMARTS) is 1. The molecule has 8 N–H and O–H groups in total. The topological polar surface area (TPSA) is 154 Å². The molecule has 0 aliphatic heterocycles. The van der Waals surface area contributed by atoms with Crippen LogP contribution in [0.2, 0.25) is 0 Å². The number of alkyl halides is 1. The first-order chi connectivity index (χ1) is 10.2. The highest BCUT2D eigenvalue weighted by Gasteiger charge is 2.16. The fraction of sp³-hybridized carbons (Fsp3) is 0.833. The monoisotopic (exact) mass is 323 g/mol. The zero-order chi connectivity index (χ0) is 17.1. The number of nitrogens with two attached hydrogens (primary N) is 2. The third-order valence-corrected chi connectivity index (χ3v) is 2.71. The van der Waals surface area contributed by atoms with E-state index in [9.17, 15) is 19.1 Å². The van der Waals surface area contributed by atoms with Crippen molar-refractivity contribution in [3.05, 3.63) is 0 Å². The molecule has 0 saturated carbocycles. The van der Waals surface area contributed by atoms with Crippen molar-refractivity contribution in [2.75, 3.05) is 33.2 Å². The fourth-order valence-corrected chi connectivity index (χ4v) is 1.75. The van der Waals surface area contributed by atoms with Crippen LogP contribution in [-0.4, -0.2) is 78.6 Å². The highest BCUT2D eigenvalue weighted by Crippen LogP contribution is 2.00. The van der Waals surface area contributed by atoms with Crippen LogP contribution in [0.4, 0.5) is 4.39 Å². The molecule has 0 aromatic heterocycles. The highest BCUT2D eigenvalue weighted by molar-refractivity contribution is 5.76. The van der Waals surface area contributed by atoms with Crippen molar-refractivity contribution in [1.29, 1.82) is 0 Å². The van der Waals surface area contributed by atoms with Gasteiger partial charge in [-0.25, -0.2) is 9.40 Å². The molecule has 130 valence electrons. The lowest BCUT2D eigenvalue weighted by molar-refractivity contribution is -0.139. The Kier molecular flexibility index (Phi) is 10.6. The van der Waals surface area contributed by atoms with E-state index >= 15 is 0 Å². The summed E-state index contributed by atoms with van der Waals surface area (Å²) in [6.45, 7) is -0.233. The molecule has 0 aromatic rings. The molecule has 10 heteroatoms. The van der Waals surface area contributed by atoms with Gasteiger partial charge in [0.15, 0.2) is 0 Å². The minimum Gasteiger partial charge on any atom is -0.480 e. The zero-order valence-corrected chi connectivity index (χ0v) is 12.7. The number of likely N-dealkylation sites (N-methyl/N-ethyl adjacent to an activating group) is 1. The lowest BCUT2D eigenvalue weighted by Gasteiger charge is -2.19. The molecule has 0 bridgehead atoms. The second-order valence-electron chi connectivity index (χ2n) is 5.13. The molecule has 0 heterocycles. The minimum atomic E-state index is -1.17. The number of aliphatic hydroxyl groups excluding tert-OH is 1. The Hall–Kier alpha value is -1.33. The average Bonchev–Trinajstić information content (AvgIpc) is 2.36. The fourth-order valence-electron chi connectivity index (χ4n) is 1.75. The van der Waals surface area contributed by atoms with Gasteiger partial charge < -0.3 is 27.0 Å². The number of carbonyl (C=O) groups excluding carboxylic acids is 1. The summed E-state index contributed by atoms with van der Waals surface area (Å²) >= 11 is 0. The number of aliphatic carboxylic acids is 1. The van der Waals surface area contributed by atoms with Crippen molar-refractivity contribution in [2.24, 2.45) is 11.5 Å². The molecule has 1 amide bonds. The number of carboxylic acids is 1. The van der Waals surface area contributed by atoms with E-state index in [0.717, 1.165) is 5.01 Å². The summed E-state index contributed by atoms with van der Waals surface area (Å²) in [6, 6.07) is -0.592. The summed E-state index contributed by atoms with van der Waals surface area (Å²) in [6.07, 6.45) is -1.89. The first-order valence-corrected chi connectivity index (χ1v) is 6.95. The number of amides is 1. The molecule has 0 aliphatic rings. The van der Waals surface area contributed by atoms with E-state index in [0.29, 0.717) is 0 Å². The molecule has 9 nitrogen and oxygen atoms in total. The van der Waals surface area contributed by atoms with Gasteiger partial charge in [0.2, 0.25) is 5.91 Å². The second kappa shape index (κ2) is 11.3. The number of aliphatic hydroxyl groups is 1. The maximum atomic E-state index is 12.8. The van der Waals surface area contributed by atoms with Crippen molar-refractivity contribution in [2.45, 2.75) is 31.2 Å². The Bertz CT molecular complexity index is 347. The van der Waals surface area contributed by atoms with Crippen molar-refractivity contribution >= 4 is 11.9 Å². The zero-order valence-electron chi connectivity index (χ0n) is 12.7. The van der Waals surface area contributed by atoms with Crippen molar-refractivity contribution < 1.29 is 24.2 Å². The molecular formula is C12H26FN5O4. The molecule has 0 aliphatic carbocycles. The third kappa shape index (κ3) is 11.3. The Morgan fingerprint density at radius 3 is 2.55 bits per heavy atom. The van der Waals surface area contributed by atoms with Crippen LogP contribution in [0, 0.1) is 0 Å². The average molecular weight is 323 g/mol. The van der Waals surface area contributed by atoms with Crippen molar-refractivity contribution in [1.82, 2.24) is 15.8 Å². The largest absolute Gasteiger partial charge is 0.480 e. The Labute approximate surface area is 128 Å². The lowest BCUT2D eigenvalue weighted by atomic mass is 10.1. The molecule has 3 atom stereocenters. The SMILES string of the molecule is CN(CC(=O)O)NC(=O)C[C@H](N)C[C@@H](O)CNCC(F)CN. The van der Waals surface area contributed by atoms with E-state index in [2.05, 4.69) is 10.7 Å². The second-order valence-corrected chi connectivity index (χ2v) is 5.13. The van der Waals surface area contributed by atoms with E-state index in [1.807, 2.05) is 0 Å². The summed E-state index contributed by atoms with van der Waals surface area (Å²) in [5.41, 5.74) is 13.2. The molecule has 1 unspecified atom stereocenters. The van der Waals surface area contributed by atoms with Crippen molar-refractivity contribution in [3.63, 3.8) is 0 Å². The minimum absolute atomic E-state index is 0.0449. The van der Waals surface area contributed by atoms with Crippen LogP contribution in [-0.2, 0) is 9.59 Å². The summed E-state index contributed by atoms with van der Waals surface area (Å²) in [7, 11) is 1.42. The number of nitrogens with one attached hydrogen (secondary N) is 2. The Morgan fingerprint density at radius 1 is 1.36 bits per heavy atom. The number of nitrogens with zero attached hydrogens (tertiary/aromatic N) is 1. The molecule has 0 rings (SSSR count). The van der Waals surface area contributed by atoms with Gasteiger partial charge in [0, 0.05) is 39.1 Å². The summed E-state index contributed by atoms with van der Waals surface area (Å²) in [5, 5.41) is 22.1. The van der Waals surface area contributed by atoms with Crippen molar-refractivity contribution in [3.8, 4) is 0 Å². The first-order valence-electron chi connectivity index (χ1n) is 6.95. The van der Waals surface area contributed by atoms with E-state index in [4.69, 9.17) is 16.6 Å². The van der Waals surface area contributed by atoms with Gasteiger partial charge in [-0.2, -0.15) is 0 Å². The normalized spacial score (nSPS) is 15.4. The molecular weight excluding hydrogens is 297 g/mol. The van der Waals surface area contributed by atoms with Gasteiger partial charge in [0.1, 0.15) is 12.7 Å². The van der Waals surface area contributed by atoms with E-state index in [1.54, 1.807) is 0 Å². The molecule has 0 radical (unpaired) electrons. The van der Waals surface area contributed by atoms with Gasteiger partial charge in [-0.1, -0.05) is 0 Å². The molecule has 0 spiro atoms. The van der Waals surface area contributed by atoms with Gasteiger partial charge in [-0.15, -0.1) is 0 Å². The van der Waals surface area contributed by atoms with E-state index in [1.165, 1.54) is 7.05 Å². The van der Waals surface area contributed by atoms with Gasteiger partial charge >= 0.3 is 5.97 Å². The standard InChI is InChI=1S/C12H26FN5O4/c1-18(7-12(21)22)17-11(20)3-9(15)2-10(19)6-16-5-8(13)4-14/h8-10,16,19H,2-7,14-15H2,1H3,(H,17,20)(H,21,22)/t8?,9-,10-/m1/s1. The van der Waals surface area contributed by atoms with Crippen LogP contribution in [0.15, 0.2) is 0 Å². The van der Waals surface area contributed by atoms with E-state index in [-0.39, 0.29) is 39.0 Å². The molecule has 0 fully saturated rings. The highest BCUT2D eigenvalue weighted by atomic mass is 19.1. The van der Waals surface area contributed by atoms with Crippen LogP contribution >= 0.6 is 0 Å². The van der Waals surface area contributed by atoms with Gasteiger partial charge in [-0.3, -0.25) is 15.0 Å². The predicted molar refractivity (Wildman–Crippen MR) is 78.4 cm³/mol.